The number of hydrogen-bond donors (Lipinski definition) is 3. The molecule has 0 bridgehead atoms. The zero-order chi connectivity index (χ0) is 12.0. The van der Waals surface area contributed by atoms with Crippen LogP contribution in [-0.4, -0.2) is 28.6 Å². The lowest BCUT2D eigenvalue weighted by atomic mass is 10.4. The second kappa shape index (κ2) is 5.86. The molecule has 1 heterocycles. The Hall–Kier alpha value is -1.89. The van der Waals surface area contributed by atoms with Crippen molar-refractivity contribution in [1.82, 2.24) is 10.3 Å². The number of nitrogens with zero attached hydrogens (tertiary/aromatic N) is 1. The van der Waals surface area contributed by atoms with Gasteiger partial charge in [0.25, 0.3) is 0 Å². The largest absolute Gasteiger partial charge is 0.478 e. The summed E-state index contributed by atoms with van der Waals surface area (Å²) in [4.78, 5) is 26.0. The number of hydrogen-bond acceptors (Lipinski definition) is 4. The molecule has 7 heteroatoms. The third-order valence-electron chi connectivity index (χ3n) is 1.47. The Kier molecular flexibility index (Phi) is 4.46. The second-order valence-electron chi connectivity index (χ2n) is 2.72. The van der Waals surface area contributed by atoms with E-state index in [-0.39, 0.29) is 6.03 Å². The fourth-order valence-electron chi connectivity index (χ4n) is 0.877. The number of amides is 2. The molecule has 6 nitrogen and oxygen atoms in total. The molecule has 0 aliphatic carbocycles. The molecule has 0 atom stereocenters. The molecule has 1 aromatic rings. The number of carboxylic acid groups (broad SMARTS) is 1. The standard InChI is InChI=1S/C9H11N3O3S/c1-2-10-8(15)12-9-11-5-6(16-9)3-4-7(13)14/h3-5H,2H2,1H3,(H,13,14)(H2,10,11,12,15). The second-order valence-corrected chi connectivity index (χ2v) is 3.79. The molecule has 0 unspecified atom stereocenters. The number of urea groups is 1. The first kappa shape index (κ1) is 12.2. The Bertz CT molecular complexity index is 414. The number of nitrogens with one attached hydrogen (secondary N) is 2. The van der Waals surface area contributed by atoms with E-state index >= 15 is 0 Å². The quantitative estimate of drug-likeness (QED) is 0.694. The van der Waals surface area contributed by atoms with Crippen molar-refractivity contribution < 1.29 is 14.7 Å². The number of aliphatic carboxylic acids is 1. The summed E-state index contributed by atoms with van der Waals surface area (Å²) in [6.07, 6.45) is 3.93. The molecule has 86 valence electrons. The third kappa shape index (κ3) is 4.09. The maximum Gasteiger partial charge on any atom is 0.328 e. The van der Waals surface area contributed by atoms with E-state index in [2.05, 4.69) is 15.6 Å². The van der Waals surface area contributed by atoms with Crippen LogP contribution in [0.15, 0.2) is 12.3 Å². The van der Waals surface area contributed by atoms with Gasteiger partial charge in [0.1, 0.15) is 0 Å². The molecule has 0 fully saturated rings. The lowest BCUT2D eigenvalue weighted by Crippen LogP contribution is -2.28. The van der Waals surface area contributed by atoms with Crippen molar-refractivity contribution >= 4 is 34.5 Å². The number of carbonyl (C=O) groups excluding carboxylic acids is 1. The summed E-state index contributed by atoms with van der Waals surface area (Å²) in [5.74, 6) is -1.02. The first-order valence-corrected chi connectivity index (χ1v) is 5.35. The predicted molar refractivity (Wildman–Crippen MR) is 61.5 cm³/mol. The molecular weight excluding hydrogens is 230 g/mol. The smallest absolute Gasteiger partial charge is 0.328 e. The van der Waals surface area contributed by atoms with E-state index < -0.39 is 5.97 Å². The highest BCUT2D eigenvalue weighted by atomic mass is 32.1. The zero-order valence-corrected chi connectivity index (χ0v) is 9.37. The Morgan fingerprint density at radius 1 is 1.62 bits per heavy atom. The van der Waals surface area contributed by atoms with Crippen molar-refractivity contribution in [3.05, 3.63) is 17.2 Å². The highest BCUT2D eigenvalue weighted by Gasteiger charge is 2.03. The average Bonchev–Trinajstić information content (AvgIpc) is 2.63. The summed E-state index contributed by atoms with van der Waals surface area (Å²) in [7, 11) is 0. The number of rotatable bonds is 4. The number of thiazole rings is 1. The summed E-state index contributed by atoms with van der Waals surface area (Å²) in [6, 6.07) is -0.328. The minimum Gasteiger partial charge on any atom is -0.478 e. The molecule has 0 aromatic carbocycles. The normalized spacial score (nSPS) is 10.3. The molecule has 1 rings (SSSR count). The highest BCUT2D eigenvalue weighted by Crippen LogP contribution is 2.18. The van der Waals surface area contributed by atoms with Crippen LogP contribution in [0, 0.1) is 0 Å². The topological polar surface area (TPSA) is 91.3 Å². The molecule has 1 aromatic heterocycles. The van der Waals surface area contributed by atoms with Crippen LogP contribution in [0.1, 0.15) is 11.8 Å². The molecule has 0 aliphatic heterocycles. The Labute approximate surface area is 96.0 Å². The van der Waals surface area contributed by atoms with Crippen molar-refractivity contribution in [2.45, 2.75) is 6.92 Å². The summed E-state index contributed by atoms with van der Waals surface area (Å²) in [6.45, 7) is 2.34. The first-order chi connectivity index (χ1) is 7.61. The molecule has 3 N–H and O–H groups in total. The maximum absolute atomic E-state index is 11.1. The van der Waals surface area contributed by atoms with Crippen molar-refractivity contribution in [2.24, 2.45) is 0 Å². The van der Waals surface area contributed by atoms with Gasteiger partial charge in [-0.15, -0.1) is 0 Å². The Morgan fingerprint density at radius 2 is 2.38 bits per heavy atom. The van der Waals surface area contributed by atoms with Crippen LogP contribution >= 0.6 is 11.3 Å². The van der Waals surface area contributed by atoms with Crippen molar-refractivity contribution in [3.63, 3.8) is 0 Å². The molecule has 0 radical (unpaired) electrons. The zero-order valence-electron chi connectivity index (χ0n) is 8.56. The van der Waals surface area contributed by atoms with E-state index in [9.17, 15) is 9.59 Å². The molecule has 16 heavy (non-hydrogen) atoms. The van der Waals surface area contributed by atoms with E-state index in [1.807, 2.05) is 6.92 Å². The van der Waals surface area contributed by atoms with Crippen LogP contribution in [0.3, 0.4) is 0 Å². The van der Waals surface area contributed by atoms with E-state index in [1.165, 1.54) is 23.6 Å². The Balaban J connectivity index is 2.58. The number of anilines is 1. The van der Waals surface area contributed by atoms with Crippen LogP contribution in [0.2, 0.25) is 0 Å². The van der Waals surface area contributed by atoms with Crippen molar-refractivity contribution in [3.8, 4) is 0 Å². The van der Waals surface area contributed by atoms with Crippen LogP contribution < -0.4 is 10.6 Å². The molecular formula is C9H11N3O3S. The summed E-state index contributed by atoms with van der Waals surface area (Å²) in [5, 5.41) is 13.9. The molecule has 0 saturated heterocycles. The first-order valence-electron chi connectivity index (χ1n) is 4.53. The number of aromatic nitrogens is 1. The molecule has 2 amide bonds. The fraction of sp³-hybridized carbons (Fsp3) is 0.222. The number of carbonyl (C=O) groups is 2. The van der Waals surface area contributed by atoms with Gasteiger partial charge < -0.3 is 10.4 Å². The highest BCUT2D eigenvalue weighted by molar-refractivity contribution is 7.16. The fourth-order valence-corrected chi connectivity index (χ4v) is 1.59. The van der Waals surface area contributed by atoms with Gasteiger partial charge in [0.05, 0.1) is 0 Å². The van der Waals surface area contributed by atoms with E-state index in [4.69, 9.17) is 5.11 Å². The SMILES string of the molecule is CCNC(=O)Nc1ncc(C=CC(=O)O)s1. The lowest BCUT2D eigenvalue weighted by Gasteiger charge is -2.00. The van der Waals surface area contributed by atoms with Gasteiger partial charge in [0, 0.05) is 23.7 Å². The number of carboxylic acids is 1. The van der Waals surface area contributed by atoms with Gasteiger partial charge in [-0.25, -0.2) is 14.6 Å². The monoisotopic (exact) mass is 241 g/mol. The van der Waals surface area contributed by atoms with Gasteiger partial charge in [-0.3, -0.25) is 5.32 Å². The lowest BCUT2D eigenvalue weighted by molar-refractivity contribution is -0.131. The van der Waals surface area contributed by atoms with Gasteiger partial charge in [0.2, 0.25) is 0 Å². The van der Waals surface area contributed by atoms with Gasteiger partial charge >= 0.3 is 12.0 Å². The van der Waals surface area contributed by atoms with E-state index in [0.717, 1.165) is 6.08 Å². The molecule has 0 aliphatic rings. The summed E-state index contributed by atoms with van der Waals surface area (Å²) < 4.78 is 0. The third-order valence-corrected chi connectivity index (χ3v) is 2.35. The van der Waals surface area contributed by atoms with E-state index in [1.54, 1.807) is 0 Å². The average molecular weight is 241 g/mol. The van der Waals surface area contributed by atoms with Gasteiger partial charge in [0.15, 0.2) is 5.13 Å². The molecule has 0 spiro atoms. The van der Waals surface area contributed by atoms with Crippen LogP contribution in [0.25, 0.3) is 6.08 Å². The maximum atomic E-state index is 11.1. The van der Waals surface area contributed by atoms with Crippen molar-refractivity contribution in [2.75, 3.05) is 11.9 Å². The van der Waals surface area contributed by atoms with Crippen LogP contribution in [0.5, 0.6) is 0 Å². The minimum absolute atomic E-state index is 0.328. The van der Waals surface area contributed by atoms with E-state index in [0.29, 0.717) is 16.6 Å². The van der Waals surface area contributed by atoms with Crippen LogP contribution in [-0.2, 0) is 4.79 Å². The summed E-state index contributed by atoms with van der Waals surface area (Å²) >= 11 is 1.20. The van der Waals surface area contributed by atoms with Gasteiger partial charge in [-0.05, 0) is 13.0 Å². The Morgan fingerprint density at radius 3 is 3.00 bits per heavy atom. The predicted octanol–water partition coefficient (Wildman–Crippen LogP) is 1.38. The van der Waals surface area contributed by atoms with Gasteiger partial charge in [-0.2, -0.15) is 0 Å². The van der Waals surface area contributed by atoms with Crippen molar-refractivity contribution in [1.29, 1.82) is 0 Å². The van der Waals surface area contributed by atoms with Gasteiger partial charge in [-0.1, -0.05) is 11.3 Å². The molecule has 0 saturated carbocycles. The minimum atomic E-state index is -1.02. The summed E-state index contributed by atoms with van der Waals surface area (Å²) in [5.41, 5.74) is 0. The van der Waals surface area contributed by atoms with Crippen LogP contribution in [0.4, 0.5) is 9.93 Å².